The number of alkyl halides is 4. The number of hydrogen-bond donors (Lipinski definition) is 2. The number of nitrogens with zero attached hydrogens (tertiary/aromatic N) is 2. The summed E-state index contributed by atoms with van der Waals surface area (Å²) in [5.74, 6) is -0.225. The molecule has 1 aromatic heterocycles. The molecule has 1 unspecified atom stereocenters. The largest absolute Gasteiger partial charge is 0.493 e. The number of benzene rings is 1. The molecule has 0 bridgehead atoms. The summed E-state index contributed by atoms with van der Waals surface area (Å²) >= 11 is 6.55. The Labute approximate surface area is 217 Å². The molecule has 2 aliphatic rings. The fourth-order valence-electron chi connectivity index (χ4n) is 3.91. The van der Waals surface area contributed by atoms with Gasteiger partial charge in [0.2, 0.25) is 5.91 Å². The van der Waals surface area contributed by atoms with E-state index in [9.17, 15) is 22.8 Å². The molecule has 1 saturated carbocycles. The Bertz CT molecular complexity index is 1240. The minimum atomic E-state index is -4.67. The van der Waals surface area contributed by atoms with Crippen molar-refractivity contribution in [3.63, 3.8) is 0 Å². The molecule has 2 aromatic rings. The number of ether oxygens (including phenoxy) is 1. The number of aromatic nitrogens is 3. The Morgan fingerprint density at radius 2 is 1.89 bits per heavy atom. The first-order valence-electron chi connectivity index (χ1n) is 12.2. The second-order valence-corrected chi connectivity index (χ2v) is 11.3. The highest BCUT2D eigenvalue weighted by molar-refractivity contribution is 6.21. The molecule has 37 heavy (non-hydrogen) atoms. The Hall–Kier alpha value is -2.88. The van der Waals surface area contributed by atoms with Gasteiger partial charge in [-0.2, -0.15) is 18.2 Å². The van der Waals surface area contributed by atoms with Crippen LogP contribution in [0.4, 0.5) is 13.2 Å². The monoisotopic (exact) mass is 538 g/mol. The fraction of sp³-hybridized carbons (Fsp3) is 0.538. The van der Waals surface area contributed by atoms with E-state index in [1.165, 1.54) is 0 Å². The van der Waals surface area contributed by atoms with Gasteiger partial charge < -0.3 is 10.1 Å². The second kappa shape index (κ2) is 10.1. The summed E-state index contributed by atoms with van der Waals surface area (Å²) in [5, 5.41) is 1.98. The maximum absolute atomic E-state index is 13.2. The number of carbonyl (C=O) groups excluding carboxylic acids is 1. The van der Waals surface area contributed by atoms with Crippen LogP contribution in [-0.2, 0) is 4.79 Å². The highest BCUT2D eigenvalue weighted by Crippen LogP contribution is 2.45. The van der Waals surface area contributed by atoms with Crippen molar-refractivity contribution >= 4 is 17.5 Å². The van der Waals surface area contributed by atoms with Crippen LogP contribution in [-0.4, -0.2) is 45.6 Å². The van der Waals surface area contributed by atoms with Crippen LogP contribution in [0, 0.1) is 10.8 Å². The van der Waals surface area contributed by atoms with Crippen LogP contribution in [0.25, 0.3) is 11.4 Å². The van der Waals surface area contributed by atoms with E-state index in [0.717, 1.165) is 32.4 Å². The molecule has 1 fully saturated rings. The number of carbonyl (C=O) groups is 1. The van der Waals surface area contributed by atoms with Crippen LogP contribution in [0.15, 0.2) is 40.7 Å². The third-order valence-corrected chi connectivity index (χ3v) is 7.61. The number of H-pyrrole nitrogens is 1. The van der Waals surface area contributed by atoms with Gasteiger partial charge in [-0.05, 0) is 63.8 Å². The number of hydrogen-bond acceptors (Lipinski definition) is 5. The lowest BCUT2D eigenvalue weighted by Gasteiger charge is -2.29. The van der Waals surface area contributed by atoms with Crippen LogP contribution in [0.5, 0.6) is 5.75 Å². The van der Waals surface area contributed by atoms with Gasteiger partial charge in [0, 0.05) is 28.8 Å². The molecule has 0 spiro atoms. The summed E-state index contributed by atoms with van der Waals surface area (Å²) in [6.07, 6.45) is 0.178. The quantitative estimate of drug-likeness (QED) is 0.359. The predicted molar refractivity (Wildman–Crippen MR) is 133 cm³/mol. The standard InChI is InChI=1S/C26H30ClF3N4O3/c1-24(2,26(28,29)30)22(35)31-13-15-4-9-19(27)18(12-15)21-32-20(33-23(36)34-21)16-5-7-17(8-6-16)37-14-25(3)10-11-25/h4-8,18-19H,9-14H2,1-3H3,(H,31,35)(H,32,33,34,36)/t18?,19-/m0/s1. The Morgan fingerprint density at radius 1 is 1.22 bits per heavy atom. The highest BCUT2D eigenvalue weighted by Gasteiger charge is 2.52. The maximum atomic E-state index is 13.2. The zero-order chi connectivity index (χ0) is 27.0. The van der Waals surface area contributed by atoms with Gasteiger partial charge in [0.15, 0.2) is 5.82 Å². The fourth-order valence-corrected chi connectivity index (χ4v) is 4.21. The van der Waals surface area contributed by atoms with Crippen LogP contribution < -0.4 is 15.7 Å². The van der Waals surface area contributed by atoms with Crippen molar-refractivity contribution in [2.75, 3.05) is 13.2 Å². The maximum Gasteiger partial charge on any atom is 0.402 e. The smallest absolute Gasteiger partial charge is 0.402 e. The zero-order valence-corrected chi connectivity index (χ0v) is 21.7. The molecule has 2 aliphatic carbocycles. The summed E-state index contributed by atoms with van der Waals surface area (Å²) in [7, 11) is 0. The van der Waals surface area contributed by atoms with Crippen molar-refractivity contribution in [2.45, 2.75) is 63.9 Å². The van der Waals surface area contributed by atoms with Gasteiger partial charge in [0.25, 0.3) is 0 Å². The second-order valence-electron chi connectivity index (χ2n) is 10.7. The molecule has 2 atom stereocenters. The lowest BCUT2D eigenvalue weighted by molar-refractivity contribution is -0.211. The van der Waals surface area contributed by atoms with E-state index in [1.807, 2.05) is 12.1 Å². The minimum absolute atomic E-state index is 0.0544. The Kier molecular flexibility index (Phi) is 7.43. The van der Waals surface area contributed by atoms with E-state index in [-0.39, 0.29) is 17.8 Å². The molecule has 1 heterocycles. The molecular weight excluding hydrogens is 509 g/mol. The van der Waals surface area contributed by atoms with E-state index >= 15 is 0 Å². The first-order valence-corrected chi connectivity index (χ1v) is 12.6. The number of halogens is 4. The first-order chi connectivity index (χ1) is 17.3. The van der Waals surface area contributed by atoms with Crippen molar-refractivity contribution in [2.24, 2.45) is 10.8 Å². The number of amides is 1. The average molecular weight is 539 g/mol. The van der Waals surface area contributed by atoms with Crippen molar-refractivity contribution in [1.82, 2.24) is 20.3 Å². The van der Waals surface area contributed by atoms with Crippen molar-refractivity contribution in [3.8, 4) is 17.1 Å². The van der Waals surface area contributed by atoms with E-state index < -0.39 is 34.5 Å². The van der Waals surface area contributed by atoms with Gasteiger partial charge in [-0.15, -0.1) is 11.6 Å². The molecule has 4 rings (SSSR count). The lowest BCUT2D eigenvalue weighted by Crippen LogP contribution is -2.47. The molecule has 11 heteroatoms. The lowest BCUT2D eigenvalue weighted by atomic mass is 9.87. The number of aromatic amines is 1. The Morgan fingerprint density at radius 3 is 2.51 bits per heavy atom. The van der Waals surface area contributed by atoms with E-state index in [0.29, 0.717) is 36.4 Å². The third kappa shape index (κ3) is 6.34. The van der Waals surface area contributed by atoms with E-state index in [2.05, 4.69) is 27.2 Å². The molecule has 0 saturated heterocycles. The van der Waals surface area contributed by atoms with Crippen molar-refractivity contribution in [3.05, 3.63) is 52.2 Å². The van der Waals surface area contributed by atoms with Crippen molar-refractivity contribution in [1.29, 1.82) is 0 Å². The van der Waals surface area contributed by atoms with Gasteiger partial charge in [-0.3, -0.25) is 9.78 Å². The van der Waals surface area contributed by atoms with Crippen LogP contribution in [0.2, 0.25) is 0 Å². The molecular formula is C26H30ClF3N4O3. The average Bonchev–Trinajstić information content (AvgIpc) is 3.58. The predicted octanol–water partition coefficient (Wildman–Crippen LogP) is 5.13. The summed E-state index contributed by atoms with van der Waals surface area (Å²) in [6, 6.07) is 7.18. The van der Waals surface area contributed by atoms with Gasteiger partial charge in [-0.25, -0.2) is 9.78 Å². The molecule has 0 aliphatic heterocycles. The molecule has 2 N–H and O–H groups in total. The van der Waals surface area contributed by atoms with Crippen LogP contribution >= 0.6 is 11.6 Å². The summed E-state index contributed by atoms with van der Waals surface area (Å²) < 4.78 is 45.3. The molecule has 1 aromatic carbocycles. The zero-order valence-electron chi connectivity index (χ0n) is 20.9. The van der Waals surface area contributed by atoms with E-state index in [1.54, 1.807) is 18.2 Å². The third-order valence-electron chi connectivity index (χ3n) is 7.13. The Balaban J connectivity index is 1.45. The summed E-state index contributed by atoms with van der Waals surface area (Å²) in [6.45, 7) is 4.46. The summed E-state index contributed by atoms with van der Waals surface area (Å²) in [5.41, 5.74) is -1.49. The minimum Gasteiger partial charge on any atom is -0.493 e. The van der Waals surface area contributed by atoms with Crippen LogP contribution in [0.3, 0.4) is 0 Å². The normalized spacial score (nSPS) is 21.2. The first kappa shape index (κ1) is 27.2. The highest BCUT2D eigenvalue weighted by atomic mass is 35.5. The number of nitrogens with one attached hydrogen (secondary N) is 2. The van der Waals surface area contributed by atoms with Crippen molar-refractivity contribution < 1.29 is 22.7 Å². The van der Waals surface area contributed by atoms with Crippen LogP contribution in [0.1, 0.15) is 58.2 Å². The van der Waals surface area contributed by atoms with Gasteiger partial charge in [0.1, 0.15) is 17.0 Å². The van der Waals surface area contributed by atoms with Gasteiger partial charge in [0.05, 0.1) is 6.61 Å². The SMILES string of the molecule is CC1(COc2ccc(-c3nc(C4CC(CNC(=O)C(C)(C)C(F)(F)F)=CC[C@@H]4Cl)[nH]c(=O)n3)cc2)CC1. The molecule has 200 valence electrons. The topological polar surface area (TPSA) is 97.0 Å². The van der Waals surface area contributed by atoms with Gasteiger partial charge >= 0.3 is 11.9 Å². The number of allylic oxidation sites excluding steroid dienone is 1. The number of rotatable bonds is 8. The molecule has 7 nitrogen and oxygen atoms in total. The molecule has 0 radical (unpaired) electrons. The van der Waals surface area contributed by atoms with E-state index in [4.69, 9.17) is 16.3 Å². The summed E-state index contributed by atoms with van der Waals surface area (Å²) in [4.78, 5) is 35.7. The van der Waals surface area contributed by atoms with Gasteiger partial charge in [-0.1, -0.05) is 18.6 Å². The molecule has 1 amide bonds.